The number of nitrogens with one attached hydrogen (secondary N) is 1. The predicted octanol–water partition coefficient (Wildman–Crippen LogP) is 4.00. The molecule has 6 rings (SSSR count). The summed E-state index contributed by atoms with van der Waals surface area (Å²) in [5.74, 6) is -0.530. The van der Waals surface area contributed by atoms with Gasteiger partial charge >= 0.3 is 24.0 Å². The maximum absolute atomic E-state index is 11.5. The standard InChI is InChI=1S/C13H18INO6.C12H17IO4.C11H15IO5/c1-15-12(17)21-11-9(3-4-14)20-8(5-10(16)18-2)6-13(11)7-19-13;1-8-10(3-4-13)17-9(5-11(14)15-2)6-12(8)7-16-12;1-15-9(13)4-7-5-11(6-16-11)10(14)8(17-7)2-3-12/h3-4,8-9,11H,5-7H2,1-2H3,(H,15,17);3-4,8-10H,5-7H2,1-2H3;2-3,7-8,10,14H,4-6H2,1H3/b2*4-3+;3-2+/t8-,9-,11-,13-;8-,9-,10-,12-;7-,8-,10-,11-/m111/s1. The van der Waals surface area contributed by atoms with Crippen molar-refractivity contribution < 1.29 is 71.7 Å². The Balaban J connectivity index is 0.000000185. The van der Waals surface area contributed by atoms with Crippen molar-refractivity contribution in [3.05, 3.63) is 30.5 Å². The molecule has 0 saturated carbocycles. The molecule has 0 bridgehead atoms. The number of hydrogen-bond acceptors (Lipinski definition) is 15. The van der Waals surface area contributed by atoms with Crippen LogP contribution in [0, 0.1) is 5.92 Å². The Bertz CT molecular complexity index is 1350. The van der Waals surface area contributed by atoms with Gasteiger partial charge < -0.3 is 57.8 Å². The first kappa shape index (κ1) is 46.5. The van der Waals surface area contributed by atoms with E-state index in [1.54, 1.807) is 20.3 Å². The molecule has 3 spiro atoms. The molecule has 0 aliphatic carbocycles. The average molecular weight is 1120 g/mol. The van der Waals surface area contributed by atoms with Crippen LogP contribution < -0.4 is 5.32 Å². The number of ether oxygens (including phenoxy) is 10. The first-order valence-corrected chi connectivity index (χ1v) is 21.5. The van der Waals surface area contributed by atoms with Crippen molar-refractivity contribution >= 4 is 91.8 Å². The largest absolute Gasteiger partial charge is 0.469 e. The summed E-state index contributed by atoms with van der Waals surface area (Å²) in [7, 11) is 5.59. The van der Waals surface area contributed by atoms with E-state index in [2.05, 4.69) is 94.2 Å². The van der Waals surface area contributed by atoms with Crippen LogP contribution in [-0.2, 0) is 61.8 Å². The van der Waals surface area contributed by atoms with Crippen molar-refractivity contribution in [2.75, 3.05) is 48.2 Å². The number of rotatable bonds is 10. The lowest BCUT2D eigenvalue weighted by molar-refractivity contribution is -0.158. The maximum Gasteiger partial charge on any atom is 0.407 e. The first-order valence-electron chi connectivity index (χ1n) is 17.7. The molecule has 12 atom stereocenters. The molecule has 6 aliphatic heterocycles. The van der Waals surface area contributed by atoms with Crippen molar-refractivity contribution in [3.8, 4) is 0 Å². The lowest BCUT2D eigenvalue weighted by Crippen LogP contribution is -2.53. The summed E-state index contributed by atoms with van der Waals surface area (Å²) in [6, 6.07) is 0. The van der Waals surface area contributed by atoms with Crippen molar-refractivity contribution in [1.29, 1.82) is 0 Å². The molecule has 55 heavy (non-hydrogen) atoms. The number of alkyl carbamates (subject to hydrolysis) is 1. The molecule has 2 N–H and O–H groups in total. The highest BCUT2D eigenvalue weighted by Crippen LogP contribution is 2.48. The summed E-state index contributed by atoms with van der Waals surface area (Å²) in [4.78, 5) is 45.5. The zero-order chi connectivity index (χ0) is 40.4. The first-order chi connectivity index (χ1) is 26.3. The molecule has 0 aromatic rings. The molecule has 1 amide bonds. The highest BCUT2D eigenvalue weighted by atomic mass is 127. The quantitative estimate of drug-likeness (QED) is 0.138. The van der Waals surface area contributed by atoms with E-state index in [1.807, 2.05) is 10.2 Å². The lowest BCUT2D eigenvalue weighted by atomic mass is 9.81. The predicted molar refractivity (Wildman–Crippen MR) is 220 cm³/mol. The van der Waals surface area contributed by atoms with Crippen LogP contribution in [0.3, 0.4) is 0 Å². The number of halogens is 3. The molecular weight excluding hydrogens is 1070 g/mol. The lowest BCUT2D eigenvalue weighted by Gasteiger charge is -2.38. The highest BCUT2D eigenvalue weighted by Gasteiger charge is 2.61. The Hall–Kier alpha value is -1.19. The zero-order valence-electron chi connectivity index (χ0n) is 31.3. The van der Waals surface area contributed by atoms with Crippen LogP contribution in [-0.4, -0.2) is 143 Å². The van der Waals surface area contributed by atoms with E-state index in [1.165, 1.54) is 28.4 Å². The topological polar surface area (TPSA) is 203 Å². The second kappa shape index (κ2) is 21.2. The number of hydrogen-bond donors (Lipinski definition) is 2. The Morgan fingerprint density at radius 2 is 1.05 bits per heavy atom. The average Bonchev–Trinajstić information content (AvgIpc) is 4.09. The number of amides is 1. The van der Waals surface area contributed by atoms with Crippen LogP contribution in [0.4, 0.5) is 4.79 Å². The summed E-state index contributed by atoms with van der Waals surface area (Å²) < 4.78 is 58.8. The van der Waals surface area contributed by atoms with Crippen molar-refractivity contribution in [2.24, 2.45) is 5.92 Å². The number of carbonyl (C=O) groups is 4. The maximum atomic E-state index is 11.5. The number of carbonyl (C=O) groups excluding carboxylic acids is 4. The molecule has 16 nitrogen and oxygen atoms in total. The molecule has 6 heterocycles. The van der Waals surface area contributed by atoms with Gasteiger partial charge in [-0.3, -0.25) is 14.4 Å². The highest BCUT2D eigenvalue weighted by molar-refractivity contribution is 14.1. The second-order valence-electron chi connectivity index (χ2n) is 13.9. The monoisotopic (exact) mass is 1120 g/mol. The fourth-order valence-corrected chi connectivity index (χ4v) is 8.25. The van der Waals surface area contributed by atoms with Crippen LogP contribution >= 0.6 is 67.8 Å². The van der Waals surface area contributed by atoms with Gasteiger partial charge in [-0.05, 0) is 30.5 Å². The fraction of sp³-hybridized carbons (Fsp3) is 0.722. The van der Waals surface area contributed by atoms with E-state index >= 15 is 0 Å². The summed E-state index contributed by atoms with van der Waals surface area (Å²) in [5.41, 5.74) is -1.15. The normalized spacial score (nSPS) is 38.5. The molecule has 310 valence electrons. The van der Waals surface area contributed by atoms with Crippen molar-refractivity contribution in [1.82, 2.24) is 5.32 Å². The SMILES string of the molecule is CNC(=O)O[C@@H]1[C@@H](/C=C/I)O[C@H](CC(=O)OC)C[C@@]12CO2.COC(=O)C[C@@H]1C[C@@]2(CO2)[C@H](C)[C@@H](/C=C/I)O1.COC(=O)C[C@@H]1C[C@@]2(CO2)[C@H](O)[C@@H](/C=C/I)O1. The van der Waals surface area contributed by atoms with Gasteiger partial charge in [-0.25, -0.2) is 4.79 Å². The van der Waals surface area contributed by atoms with Crippen molar-refractivity contribution in [2.45, 2.75) is 111 Å². The minimum absolute atomic E-state index is 0.0257. The van der Waals surface area contributed by atoms with Crippen LogP contribution in [0.2, 0.25) is 0 Å². The van der Waals surface area contributed by atoms with Gasteiger partial charge in [-0.15, -0.1) is 0 Å². The molecule has 6 aliphatic rings. The summed E-state index contributed by atoms with van der Waals surface area (Å²) in [6.07, 6.45) is 4.82. The van der Waals surface area contributed by atoms with Crippen LogP contribution in [0.1, 0.15) is 45.4 Å². The summed E-state index contributed by atoms with van der Waals surface area (Å²) >= 11 is 6.31. The summed E-state index contributed by atoms with van der Waals surface area (Å²) in [5, 5.41) is 12.5. The van der Waals surface area contributed by atoms with Gasteiger partial charge in [-0.2, -0.15) is 0 Å². The fourth-order valence-electron chi connectivity index (χ4n) is 7.02. The van der Waals surface area contributed by atoms with Crippen LogP contribution in [0.25, 0.3) is 0 Å². The van der Waals surface area contributed by atoms with Gasteiger partial charge in [0.1, 0.15) is 29.5 Å². The van der Waals surface area contributed by atoms with Crippen LogP contribution in [0.15, 0.2) is 30.5 Å². The number of esters is 3. The molecule has 0 aromatic carbocycles. The number of epoxide rings is 3. The van der Waals surface area contributed by atoms with Gasteiger partial charge in [0.25, 0.3) is 0 Å². The van der Waals surface area contributed by atoms with Gasteiger partial charge in [-0.1, -0.05) is 74.7 Å². The molecule has 0 unspecified atom stereocenters. The van der Waals surface area contributed by atoms with Gasteiger partial charge in [0.05, 0.1) is 90.4 Å². The summed E-state index contributed by atoms with van der Waals surface area (Å²) in [6.45, 7) is 3.94. The van der Waals surface area contributed by atoms with E-state index in [9.17, 15) is 24.3 Å². The van der Waals surface area contributed by atoms with E-state index in [4.69, 9.17) is 33.2 Å². The van der Waals surface area contributed by atoms with E-state index < -0.39 is 41.7 Å². The number of aliphatic hydroxyl groups excluding tert-OH is 1. The molecule has 19 heteroatoms. The molecule has 6 fully saturated rings. The van der Waals surface area contributed by atoms with Crippen molar-refractivity contribution in [3.63, 3.8) is 0 Å². The Labute approximate surface area is 361 Å². The van der Waals surface area contributed by atoms with E-state index in [0.29, 0.717) is 38.4 Å². The van der Waals surface area contributed by atoms with E-state index in [-0.39, 0.29) is 60.8 Å². The third-order valence-electron chi connectivity index (χ3n) is 10.4. The van der Waals surface area contributed by atoms with Gasteiger partial charge in [0.15, 0.2) is 6.10 Å². The number of methoxy groups -OCH3 is 3. The minimum Gasteiger partial charge on any atom is -0.469 e. The van der Waals surface area contributed by atoms with Gasteiger partial charge in [0, 0.05) is 32.2 Å². The zero-order valence-corrected chi connectivity index (χ0v) is 37.8. The Kier molecular flexibility index (Phi) is 17.9. The molecule has 0 aromatic heterocycles. The van der Waals surface area contributed by atoms with Crippen LogP contribution in [0.5, 0.6) is 0 Å². The third kappa shape index (κ3) is 12.7. The van der Waals surface area contributed by atoms with E-state index in [0.717, 1.165) is 13.0 Å². The second-order valence-corrected chi connectivity index (χ2v) is 16.1. The smallest absolute Gasteiger partial charge is 0.407 e. The minimum atomic E-state index is -0.664. The molecule has 6 saturated heterocycles. The Morgan fingerprint density at radius 1 is 0.673 bits per heavy atom. The Morgan fingerprint density at radius 3 is 1.47 bits per heavy atom. The molecular formula is C36H50I3NO15. The third-order valence-corrected chi connectivity index (χ3v) is 11.6. The molecule has 0 radical (unpaired) electrons. The number of aliphatic hydroxyl groups is 1. The van der Waals surface area contributed by atoms with Gasteiger partial charge in [0.2, 0.25) is 0 Å².